The lowest BCUT2D eigenvalue weighted by atomic mass is 10.2. The van der Waals surface area contributed by atoms with Crippen LogP contribution >= 0.6 is 50.9 Å². The molecule has 0 aromatic heterocycles. The third-order valence-electron chi connectivity index (χ3n) is 3.30. The molecule has 110 valence electrons. The maximum atomic E-state index is 6.27. The maximum Gasteiger partial charge on any atom is 0.0546 e. The highest BCUT2D eigenvalue weighted by atomic mass is 79.9. The SMILES string of the molecule is Clc1ccc(Cl)c(Sc2cc(Br)ccc2CNC2CC2)c1. The van der Waals surface area contributed by atoms with Crippen molar-refractivity contribution in [2.45, 2.75) is 35.2 Å². The van der Waals surface area contributed by atoms with E-state index in [1.54, 1.807) is 11.8 Å². The van der Waals surface area contributed by atoms with Crippen LogP contribution in [0.5, 0.6) is 0 Å². The first-order valence-corrected chi connectivity index (χ1v) is 9.13. The Bertz CT molecular complexity index is 659. The molecule has 21 heavy (non-hydrogen) atoms. The molecular formula is C16H14BrCl2NS. The van der Waals surface area contributed by atoms with Crippen molar-refractivity contribution in [2.24, 2.45) is 0 Å². The smallest absolute Gasteiger partial charge is 0.0546 e. The molecule has 0 unspecified atom stereocenters. The summed E-state index contributed by atoms with van der Waals surface area (Å²) in [4.78, 5) is 2.18. The van der Waals surface area contributed by atoms with Gasteiger partial charge in [0.1, 0.15) is 0 Å². The molecule has 1 nitrogen and oxygen atoms in total. The van der Waals surface area contributed by atoms with Gasteiger partial charge in [-0.3, -0.25) is 0 Å². The molecule has 0 radical (unpaired) electrons. The number of nitrogens with one attached hydrogen (secondary N) is 1. The molecule has 0 amide bonds. The Morgan fingerprint density at radius 1 is 1.10 bits per heavy atom. The fraction of sp³-hybridized carbons (Fsp3) is 0.250. The summed E-state index contributed by atoms with van der Waals surface area (Å²) in [6.07, 6.45) is 2.58. The van der Waals surface area contributed by atoms with Gasteiger partial charge in [-0.05, 0) is 48.7 Å². The second-order valence-electron chi connectivity index (χ2n) is 5.08. The zero-order valence-electron chi connectivity index (χ0n) is 11.2. The van der Waals surface area contributed by atoms with Crippen molar-refractivity contribution in [3.05, 3.63) is 56.5 Å². The molecule has 2 aromatic carbocycles. The van der Waals surface area contributed by atoms with Crippen LogP contribution in [-0.2, 0) is 6.54 Å². The van der Waals surface area contributed by atoms with E-state index in [9.17, 15) is 0 Å². The fourth-order valence-corrected chi connectivity index (χ4v) is 4.01. The third-order valence-corrected chi connectivity index (χ3v) is 5.63. The van der Waals surface area contributed by atoms with E-state index in [1.807, 2.05) is 18.2 Å². The Labute approximate surface area is 147 Å². The van der Waals surface area contributed by atoms with Crippen molar-refractivity contribution in [2.75, 3.05) is 0 Å². The topological polar surface area (TPSA) is 12.0 Å². The average molecular weight is 403 g/mol. The molecule has 0 bridgehead atoms. The summed E-state index contributed by atoms with van der Waals surface area (Å²) in [7, 11) is 0. The quantitative estimate of drug-likeness (QED) is 0.642. The minimum atomic E-state index is 0.696. The fourth-order valence-electron chi connectivity index (χ4n) is 1.99. The molecule has 1 N–H and O–H groups in total. The summed E-state index contributed by atoms with van der Waals surface area (Å²) >= 11 is 17.5. The minimum absolute atomic E-state index is 0.696. The van der Waals surface area contributed by atoms with Gasteiger partial charge in [0.2, 0.25) is 0 Å². The summed E-state index contributed by atoms with van der Waals surface area (Å²) in [6, 6.07) is 12.6. The van der Waals surface area contributed by atoms with E-state index in [0.717, 1.165) is 20.9 Å². The van der Waals surface area contributed by atoms with Crippen LogP contribution in [0.1, 0.15) is 18.4 Å². The number of benzene rings is 2. The Hall–Kier alpha value is -0.190. The standard InChI is InChI=1S/C16H14BrCl2NS/c17-11-2-1-10(9-20-13-4-5-13)15(7-11)21-16-8-12(18)3-6-14(16)19/h1-3,6-8,13,20H,4-5,9H2. The van der Waals surface area contributed by atoms with Crippen molar-refractivity contribution in [3.8, 4) is 0 Å². The van der Waals surface area contributed by atoms with Gasteiger partial charge in [0.25, 0.3) is 0 Å². The normalized spacial score (nSPS) is 14.4. The molecule has 2 aromatic rings. The number of hydrogen-bond acceptors (Lipinski definition) is 2. The first-order chi connectivity index (χ1) is 10.1. The lowest BCUT2D eigenvalue weighted by Gasteiger charge is -2.12. The van der Waals surface area contributed by atoms with Gasteiger partial charge < -0.3 is 5.32 Å². The van der Waals surface area contributed by atoms with Crippen LogP contribution in [0.15, 0.2) is 50.7 Å². The maximum absolute atomic E-state index is 6.27. The van der Waals surface area contributed by atoms with Gasteiger partial charge >= 0.3 is 0 Å². The highest BCUT2D eigenvalue weighted by molar-refractivity contribution is 9.10. The van der Waals surface area contributed by atoms with Gasteiger partial charge in [0.15, 0.2) is 0 Å². The highest BCUT2D eigenvalue weighted by Crippen LogP contribution is 2.38. The van der Waals surface area contributed by atoms with Crippen LogP contribution in [0.2, 0.25) is 10.0 Å². The predicted molar refractivity (Wildman–Crippen MR) is 94.6 cm³/mol. The number of halogens is 3. The molecule has 3 rings (SSSR count). The second-order valence-corrected chi connectivity index (χ2v) is 7.93. The van der Waals surface area contributed by atoms with Crippen LogP contribution in [0.3, 0.4) is 0 Å². The van der Waals surface area contributed by atoms with Crippen LogP contribution in [0.25, 0.3) is 0 Å². The first kappa shape index (κ1) is 15.7. The Morgan fingerprint density at radius 2 is 1.90 bits per heavy atom. The van der Waals surface area contributed by atoms with Crippen molar-refractivity contribution >= 4 is 50.9 Å². The zero-order valence-corrected chi connectivity index (χ0v) is 15.1. The molecule has 5 heteroatoms. The highest BCUT2D eigenvalue weighted by Gasteiger charge is 2.20. The molecule has 1 aliphatic carbocycles. The van der Waals surface area contributed by atoms with Gasteiger partial charge in [-0.15, -0.1) is 0 Å². The Kier molecular flexibility index (Phi) is 5.18. The first-order valence-electron chi connectivity index (χ1n) is 6.76. The Morgan fingerprint density at radius 3 is 2.67 bits per heavy atom. The number of rotatable bonds is 5. The van der Waals surface area contributed by atoms with Crippen molar-refractivity contribution < 1.29 is 0 Å². The summed E-state index contributed by atoms with van der Waals surface area (Å²) in [5.74, 6) is 0. The third kappa shape index (κ3) is 4.40. The Balaban J connectivity index is 1.85. The molecule has 1 fully saturated rings. The number of hydrogen-bond donors (Lipinski definition) is 1. The summed E-state index contributed by atoms with van der Waals surface area (Å²) in [5, 5.41) is 4.99. The van der Waals surface area contributed by atoms with Crippen LogP contribution in [0, 0.1) is 0 Å². The van der Waals surface area contributed by atoms with Gasteiger partial charge in [0.05, 0.1) is 5.02 Å². The van der Waals surface area contributed by atoms with Crippen LogP contribution in [0.4, 0.5) is 0 Å². The molecule has 1 saturated carbocycles. The van der Waals surface area contributed by atoms with Crippen LogP contribution in [-0.4, -0.2) is 6.04 Å². The largest absolute Gasteiger partial charge is 0.310 e. The minimum Gasteiger partial charge on any atom is -0.310 e. The summed E-state index contributed by atoms with van der Waals surface area (Å²) in [5.41, 5.74) is 1.28. The van der Waals surface area contributed by atoms with Gasteiger partial charge in [-0.1, -0.05) is 57.0 Å². The molecule has 0 aliphatic heterocycles. The molecule has 0 saturated heterocycles. The van der Waals surface area contributed by atoms with E-state index >= 15 is 0 Å². The molecule has 1 aliphatic rings. The van der Waals surface area contributed by atoms with Gasteiger partial charge in [-0.25, -0.2) is 0 Å². The van der Waals surface area contributed by atoms with Crippen molar-refractivity contribution in [1.29, 1.82) is 0 Å². The summed E-state index contributed by atoms with van der Waals surface area (Å²) < 4.78 is 1.07. The van der Waals surface area contributed by atoms with E-state index in [0.29, 0.717) is 11.1 Å². The lowest BCUT2D eigenvalue weighted by Crippen LogP contribution is -2.15. The van der Waals surface area contributed by atoms with E-state index in [4.69, 9.17) is 23.2 Å². The van der Waals surface area contributed by atoms with Crippen LogP contribution < -0.4 is 5.32 Å². The van der Waals surface area contributed by atoms with E-state index in [2.05, 4.69) is 39.4 Å². The van der Waals surface area contributed by atoms with Crippen molar-refractivity contribution in [3.63, 3.8) is 0 Å². The predicted octanol–water partition coefficient (Wildman–Crippen LogP) is 6.16. The van der Waals surface area contributed by atoms with Crippen molar-refractivity contribution in [1.82, 2.24) is 5.32 Å². The van der Waals surface area contributed by atoms with E-state index in [1.165, 1.54) is 23.3 Å². The zero-order chi connectivity index (χ0) is 14.8. The molecule has 0 spiro atoms. The van der Waals surface area contributed by atoms with E-state index in [-0.39, 0.29) is 0 Å². The monoisotopic (exact) mass is 401 g/mol. The van der Waals surface area contributed by atoms with Gasteiger partial charge in [0, 0.05) is 31.9 Å². The molecule has 0 atom stereocenters. The lowest BCUT2D eigenvalue weighted by molar-refractivity contribution is 0.680. The van der Waals surface area contributed by atoms with E-state index < -0.39 is 0 Å². The second kappa shape index (κ2) is 6.93. The molecule has 0 heterocycles. The van der Waals surface area contributed by atoms with Gasteiger partial charge in [-0.2, -0.15) is 0 Å². The molecular weight excluding hydrogens is 389 g/mol. The summed E-state index contributed by atoms with van der Waals surface area (Å²) in [6.45, 7) is 0.887. The average Bonchev–Trinajstić information content (AvgIpc) is 3.26.